The molecule has 0 amide bonds. The molecule has 16 heavy (non-hydrogen) atoms. The van der Waals surface area contributed by atoms with Crippen LogP contribution in [0.15, 0.2) is 0 Å². The second-order valence-corrected chi connectivity index (χ2v) is 5.55. The Morgan fingerprint density at radius 3 is 2.19 bits per heavy atom. The SMILES string of the molecule is CC(C)NCCN1CCC(NC(C)C)CC1. The van der Waals surface area contributed by atoms with Crippen molar-refractivity contribution in [2.75, 3.05) is 26.2 Å². The van der Waals surface area contributed by atoms with Gasteiger partial charge in [0.1, 0.15) is 0 Å². The third-order valence-electron chi connectivity index (χ3n) is 3.14. The van der Waals surface area contributed by atoms with Gasteiger partial charge in [0.25, 0.3) is 0 Å². The lowest BCUT2D eigenvalue weighted by atomic mass is 10.0. The standard InChI is InChI=1S/C13H29N3/c1-11(2)14-7-10-16-8-5-13(6-9-16)15-12(3)4/h11-15H,5-10H2,1-4H3. The van der Waals surface area contributed by atoms with Gasteiger partial charge in [-0.1, -0.05) is 27.7 Å². The predicted molar refractivity (Wildman–Crippen MR) is 70.9 cm³/mol. The highest BCUT2D eigenvalue weighted by Gasteiger charge is 2.18. The van der Waals surface area contributed by atoms with Gasteiger partial charge in [0.15, 0.2) is 0 Å². The minimum Gasteiger partial charge on any atom is -0.313 e. The van der Waals surface area contributed by atoms with Gasteiger partial charge in [0.2, 0.25) is 0 Å². The predicted octanol–water partition coefficient (Wildman–Crippen LogP) is 1.45. The van der Waals surface area contributed by atoms with Crippen molar-refractivity contribution in [2.24, 2.45) is 0 Å². The van der Waals surface area contributed by atoms with Crippen molar-refractivity contribution in [1.29, 1.82) is 0 Å². The molecule has 2 N–H and O–H groups in total. The smallest absolute Gasteiger partial charge is 0.0107 e. The molecule has 0 atom stereocenters. The Morgan fingerprint density at radius 1 is 1.06 bits per heavy atom. The van der Waals surface area contributed by atoms with E-state index in [1.54, 1.807) is 0 Å². The van der Waals surface area contributed by atoms with Crippen molar-refractivity contribution in [1.82, 2.24) is 15.5 Å². The summed E-state index contributed by atoms with van der Waals surface area (Å²) in [5, 5.41) is 7.11. The molecule has 0 unspecified atom stereocenters. The van der Waals surface area contributed by atoms with Crippen LogP contribution in [0.2, 0.25) is 0 Å². The molecule has 0 spiro atoms. The minimum absolute atomic E-state index is 0.611. The quantitative estimate of drug-likeness (QED) is 0.719. The van der Waals surface area contributed by atoms with Crippen molar-refractivity contribution in [3.05, 3.63) is 0 Å². The van der Waals surface area contributed by atoms with E-state index in [0.717, 1.165) is 12.6 Å². The molecule has 3 nitrogen and oxygen atoms in total. The molecule has 1 saturated heterocycles. The lowest BCUT2D eigenvalue weighted by molar-refractivity contribution is 0.193. The van der Waals surface area contributed by atoms with Gasteiger partial charge < -0.3 is 15.5 Å². The Bertz CT molecular complexity index is 172. The van der Waals surface area contributed by atoms with Crippen molar-refractivity contribution in [3.63, 3.8) is 0 Å². The lowest BCUT2D eigenvalue weighted by Gasteiger charge is -2.33. The molecule has 0 aromatic heterocycles. The third-order valence-corrected chi connectivity index (χ3v) is 3.14. The highest BCUT2D eigenvalue weighted by Crippen LogP contribution is 2.10. The van der Waals surface area contributed by atoms with E-state index in [9.17, 15) is 0 Å². The van der Waals surface area contributed by atoms with E-state index in [2.05, 4.69) is 43.2 Å². The molecular weight excluding hydrogens is 198 g/mol. The topological polar surface area (TPSA) is 27.3 Å². The van der Waals surface area contributed by atoms with Crippen LogP contribution in [0.4, 0.5) is 0 Å². The Labute approximate surface area is 101 Å². The van der Waals surface area contributed by atoms with Crippen LogP contribution < -0.4 is 10.6 Å². The number of nitrogens with zero attached hydrogens (tertiary/aromatic N) is 1. The molecule has 0 bridgehead atoms. The van der Waals surface area contributed by atoms with Gasteiger partial charge in [-0.3, -0.25) is 0 Å². The zero-order valence-corrected chi connectivity index (χ0v) is 11.4. The van der Waals surface area contributed by atoms with Crippen LogP contribution in [0.5, 0.6) is 0 Å². The number of piperidine rings is 1. The van der Waals surface area contributed by atoms with Crippen molar-refractivity contribution < 1.29 is 0 Å². The van der Waals surface area contributed by atoms with E-state index < -0.39 is 0 Å². The van der Waals surface area contributed by atoms with E-state index in [0.29, 0.717) is 12.1 Å². The fourth-order valence-corrected chi connectivity index (χ4v) is 2.31. The molecule has 0 aromatic rings. The second kappa shape index (κ2) is 7.25. The Hall–Kier alpha value is -0.120. The molecular formula is C13H29N3. The zero-order valence-electron chi connectivity index (χ0n) is 11.4. The summed E-state index contributed by atoms with van der Waals surface area (Å²) in [4.78, 5) is 2.58. The summed E-state index contributed by atoms with van der Waals surface area (Å²) in [6.45, 7) is 13.7. The fourth-order valence-electron chi connectivity index (χ4n) is 2.31. The van der Waals surface area contributed by atoms with Crippen LogP contribution in [0.1, 0.15) is 40.5 Å². The van der Waals surface area contributed by atoms with Crippen molar-refractivity contribution in [2.45, 2.75) is 58.7 Å². The number of hydrogen-bond acceptors (Lipinski definition) is 3. The molecule has 0 radical (unpaired) electrons. The Balaban J connectivity index is 2.07. The van der Waals surface area contributed by atoms with E-state index in [1.165, 1.54) is 32.5 Å². The van der Waals surface area contributed by atoms with Gasteiger partial charge >= 0.3 is 0 Å². The first kappa shape index (κ1) is 13.9. The van der Waals surface area contributed by atoms with Gasteiger partial charge in [-0.25, -0.2) is 0 Å². The summed E-state index contributed by atoms with van der Waals surface area (Å²) in [7, 11) is 0. The lowest BCUT2D eigenvalue weighted by Crippen LogP contribution is -2.46. The van der Waals surface area contributed by atoms with Crippen molar-refractivity contribution >= 4 is 0 Å². The first-order valence-corrected chi connectivity index (χ1v) is 6.79. The van der Waals surface area contributed by atoms with Crippen LogP contribution in [0, 0.1) is 0 Å². The maximum Gasteiger partial charge on any atom is 0.0107 e. The molecule has 0 aromatic carbocycles. The maximum absolute atomic E-state index is 3.63. The maximum atomic E-state index is 3.63. The van der Waals surface area contributed by atoms with E-state index >= 15 is 0 Å². The van der Waals surface area contributed by atoms with Crippen molar-refractivity contribution in [3.8, 4) is 0 Å². The summed E-state index contributed by atoms with van der Waals surface area (Å²) >= 11 is 0. The summed E-state index contributed by atoms with van der Waals surface area (Å²) in [6, 6.07) is 1.98. The molecule has 96 valence electrons. The van der Waals surface area contributed by atoms with Crippen LogP contribution >= 0.6 is 0 Å². The Kier molecular flexibility index (Phi) is 6.32. The third kappa shape index (κ3) is 5.83. The average molecular weight is 227 g/mol. The Morgan fingerprint density at radius 2 is 1.69 bits per heavy atom. The van der Waals surface area contributed by atoms with E-state index in [4.69, 9.17) is 0 Å². The summed E-state index contributed by atoms with van der Waals surface area (Å²) in [5.41, 5.74) is 0. The number of rotatable bonds is 6. The highest BCUT2D eigenvalue weighted by atomic mass is 15.2. The summed E-state index contributed by atoms with van der Waals surface area (Å²) in [5.74, 6) is 0. The summed E-state index contributed by atoms with van der Waals surface area (Å²) in [6.07, 6.45) is 2.61. The van der Waals surface area contributed by atoms with Crippen LogP contribution in [-0.2, 0) is 0 Å². The largest absolute Gasteiger partial charge is 0.313 e. The minimum atomic E-state index is 0.611. The average Bonchev–Trinajstić information content (AvgIpc) is 2.19. The van der Waals surface area contributed by atoms with Gasteiger partial charge in [-0.05, 0) is 25.9 Å². The second-order valence-electron chi connectivity index (χ2n) is 5.55. The number of likely N-dealkylation sites (tertiary alicyclic amines) is 1. The highest BCUT2D eigenvalue weighted by molar-refractivity contribution is 4.78. The van der Waals surface area contributed by atoms with E-state index in [1.807, 2.05) is 0 Å². The molecule has 1 fully saturated rings. The summed E-state index contributed by atoms with van der Waals surface area (Å²) < 4.78 is 0. The number of hydrogen-bond donors (Lipinski definition) is 2. The monoisotopic (exact) mass is 227 g/mol. The molecule has 1 aliphatic heterocycles. The fraction of sp³-hybridized carbons (Fsp3) is 1.00. The molecule has 0 aliphatic carbocycles. The van der Waals surface area contributed by atoms with Crippen LogP contribution in [0.3, 0.4) is 0 Å². The zero-order chi connectivity index (χ0) is 12.0. The normalized spacial score (nSPS) is 19.9. The van der Waals surface area contributed by atoms with Crippen LogP contribution in [0.25, 0.3) is 0 Å². The van der Waals surface area contributed by atoms with E-state index in [-0.39, 0.29) is 0 Å². The van der Waals surface area contributed by atoms with Gasteiger partial charge in [-0.15, -0.1) is 0 Å². The first-order chi connectivity index (χ1) is 7.58. The first-order valence-electron chi connectivity index (χ1n) is 6.79. The molecule has 1 heterocycles. The van der Waals surface area contributed by atoms with Gasteiger partial charge in [0.05, 0.1) is 0 Å². The van der Waals surface area contributed by atoms with Gasteiger partial charge in [0, 0.05) is 31.2 Å². The molecule has 3 heteroatoms. The molecule has 0 saturated carbocycles. The van der Waals surface area contributed by atoms with Gasteiger partial charge in [-0.2, -0.15) is 0 Å². The number of nitrogens with one attached hydrogen (secondary N) is 2. The van der Waals surface area contributed by atoms with Crippen LogP contribution in [-0.4, -0.2) is 49.2 Å². The molecule has 1 rings (SSSR count). The molecule has 1 aliphatic rings.